The van der Waals surface area contributed by atoms with E-state index in [9.17, 15) is 9.18 Å². The van der Waals surface area contributed by atoms with Crippen LogP contribution >= 0.6 is 0 Å². The van der Waals surface area contributed by atoms with E-state index in [1.54, 1.807) is 6.92 Å². The zero-order chi connectivity index (χ0) is 14.1. The molecule has 1 aromatic heterocycles. The third kappa shape index (κ3) is 2.41. The van der Waals surface area contributed by atoms with Gasteiger partial charge < -0.3 is 4.98 Å². The number of hydrogen-bond donors (Lipinski definition) is 1. The van der Waals surface area contributed by atoms with Gasteiger partial charge in [0.15, 0.2) is 0 Å². The van der Waals surface area contributed by atoms with Gasteiger partial charge in [0.1, 0.15) is 11.7 Å². The number of allylic oxidation sites excluding steroid dienone is 1. The lowest BCUT2D eigenvalue weighted by molar-refractivity contribution is 0.736. The predicted octanol–water partition coefficient (Wildman–Crippen LogP) is 2.95. The van der Waals surface area contributed by atoms with Gasteiger partial charge in [-0.1, -0.05) is 24.3 Å². The van der Waals surface area contributed by atoms with Crippen LogP contribution in [0.25, 0.3) is 5.83 Å². The zero-order valence-corrected chi connectivity index (χ0v) is 11.2. The Hall–Kier alpha value is -2.23. The van der Waals surface area contributed by atoms with Gasteiger partial charge in [-0.2, -0.15) is 0 Å². The molecule has 0 unspecified atom stereocenters. The van der Waals surface area contributed by atoms with Crippen LogP contribution in [-0.2, 0) is 12.8 Å². The lowest BCUT2D eigenvalue weighted by atomic mass is 10.1. The lowest BCUT2D eigenvalue weighted by Gasteiger charge is -2.03. The number of aromatic nitrogens is 2. The Kier molecular flexibility index (Phi) is 3.22. The third-order valence-electron chi connectivity index (χ3n) is 3.55. The highest BCUT2D eigenvalue weighted by atomic mass is 19.1. The van der Waals surface area contributed by atoms with E-state index in [1.807, 2.05) is 24.3 Å². The van der Waals surface area contributed by atoms with E-state index in [4.69, 9.17) is 0 Å². The minimum absolute atomic E-state index is 0.115. The third-order valence-corrected chi connectivity index (χ3v) is 3.55. The molecule has 1 aliphatic carbocycles. The minimum atomic E-state index is -0.156. The molecule has 20 heavy (non-hydrogen) atoms. The fraction of sp³-hybridized carbons (Fsp3) is 0.250. The summed E-state index contributed by atoms with van der Waals surface area (Å²) in [6.45, 7) is 1.78. The summed E-state index contributed by atoms with van der Waals surface area (Å²) < 4.78 is 14.2. The topological polar surface area (TPSA) is 45.8 Å². The van der Waals surface area contributed by atoms with Gasteiger partial charge >= 0.3 is 0 Å². The molecule has 102 valence electrons. The lowest BCUT2D eigenvalue weighted by Crippen LogP contribution is -2.11. The second-order valence-electron chi connectivity index (χ2n) is 5.08. The average Bonchev–Trinajstić information content (AvgIpc) is 2.73. The van der Waals surface area contributed by atoms with Crippen molar-refractivity contribution in [2.75, 3.05) is 0 Å². The molecule has 0 saturated heterocycles. The molecule has 0 atom stereocenters. The van der Waals surface area contributed by atoms with Crippen LogP contribution < -0.4 is 5.56 Å². The van der Waals surface area contributed by atoms with Crippen molar-refractivity contribution in [2.45, 2.75) is 26.2 Å². The Morgan fingerprint density at radius 3 is 2.85 bits per heavy atom. The molecule has 1 heterocycles. The fourth-order valence-corrected chi connectivity index (χ4v) is 2.61. The number of hydrogen-bond acceptors (Lipinski definition) is 2. The van der Waals surface area contributed by atoms with Gasteiger partial charge in [0, 0.05) is 23.7 Å². The van der Waals surface area contributed by atoms with Gasteiger partial charge in [-0.25, -0.2) is 9.37 Å². The first-order valence-corrected chi connectivity index (χ1v) is 6.66. The quantitative estimate of drug-likeness (QED) is 0.932. The normalized spacial score (nSPS) is 13.7. The molecular weight excluding hydrogens is 255 g/mol. The van der Waals surface area contributed by atoms with Crippen LogP contribution in [0.15, 0.2) is 40.7 Å². The van der Waals surface area contributed by atoms with E-state index >= 15 is 0 Å². The smallest absolute Gasteiger partial charge is 0.251 e. The molecule has 1 aromatic carbocycles. The van der Waals surface area contributed by atoms with E-state index in [0.29, 0.717) is 36.3 Å². The van der Waals surface area contributed by atoms with Crippen LogP contribution in [0.2, 0.25) is 0 Å². The van der Waals surface area contributed by atoms with E-state index in [1.165, 1.54) is 6.07 Å². The molecule has 0 fully saturated rings. The van der Waals surface area contributed by atoms with Gasteiger partial charge in [0.25, 0.3) is 5.56 Å². The summed E-state index contributed by atoms with van der Waals surface area (Å²) in [6.07, 6.45) is 1.78. The maximum absolute atomic E-state index is 14.2. The van der Waals surface area contributed by atoms with E-state index in [-0.39, 0.29) is 11.4 Å². The summed E-state index contributed by atoms with van der Waals surface area (Å²) >= 11 is 0. The molecule has 3 rings (SSSR count). The Morgan fingerprint density at radius 2 is 2.10 bits per heavy atom. The minimum Gasteiger partial charge on any atom is -0.311 e. The maximum atomic E-state index is 14.2. The molecule has 0 amide bonds. The van der Waals surface area contributed by atoms with Crippen LogP contribution in [0.1, 0.15) is 29.1 Å². The SMILES string of the molecule is Cc1cc(=O)[nH]c(CCC2=C(F)c3ccccc3C2)n1. The Balaban J connectivity index is 1.77. The molecule has 0 saturated carbocycles. The summed E-state index contributed by atoms with van der Waals surface area (Å²) in [5, 5.41) is 0. The zero-order valence-electron chi connectivity index (χ0n) is 11.2. The number of nitrogens with zero attached hydrogens (tertiary/aromatic N) is 1. The van der Waals surface area contributed by atoms with Gasteiger partial charge in [0.2, 0.25) is 0 Å². The van der Waals surface area contributed by atoms with Crippen molar-refractivity contribution < 1.29 is 4.39 Å². The fourth-order valence-electron chi connectivity index (χ4n) is 2.61. The summed E-state index contributed by atoms with van der Waals surface area (Å²) in [5.74, 6) is 0.502. The Morgan fingerprint density at radius 1 is 1.30 bits per heavy atom. The van der Waals surface area contributed by atoms with E-state index in [2.05, 4.69) is 9.97 Å². The van der Waals surface area contributed by atoms with Crippen LogP contribution in [0, 0.1) is 6.92 Å². The first-order valence-electron chi connectivity index (χ1n) is 6.66. The number of fused-ring (bicyclic) bond motifs is 1. The van der Waals surface area contributed by atoms with E-state index in [0.717, 1.165) is 11.1 Å². The van der Waals surface area contributed by atoms with Gasteiger partial charge in [-0.15, -0.1) is 0 Å². The van der Waals surface area contributed by atoms with Crippen molar-refractivity contribution in [3.05, 3.63) is 68.9 Å². The molecule has 0 spiro atoms. The van der Waals surface area contributed by atoms with Crippen molar-refractivity contribution >= 4 is 5.83 Å². The monoisotopic (exact) mass is 270 g/mol. The van der Waals surface area contributed by atoms with Crippen molar-refractivity contribution in [1.29, 1.82) is 0 Å². The Labute approximate surface area is 116 Å². The summed E-state index contributed by atoms with van der Waals surface area (Å²) in [5.41, 5.74) is 3.05. The molecule has 2 aromatic rings. The van der Waals surface area contributed by atoms with E-state index < -0.39 is 0 Å². The van der Waals surface area contributed by atoms with Crippen LogP contribution in [-0.4, -0.2) is 9.97 Å². The first-order chi connectivity index (χ1) is 9.63. The van der Waals surface area contributed by atoms with Crippen molar-refractivity contribution in [3.63, 3.8) is 0 Å². The second-order valence-corrected chi connectivity index (χ2v) is 5.08. The van der Waals surface area contributed by atoms with Crippen molar-refractivity contribution in [3.8, 4) is 0 Å². The van der Waals surface area contributed by atoms with Gasteiger partial charge in [-0.05, 0) is 30.9 Å². The first kappa shape index (κ1) is 12.8. The highest BCUT2D eigenvalue weighted by molar-refractivity contribution is 5.71. The second kappa shape index (κ2) is 5.04. The van der Waals surface area contributed by atoms with Crippen LogP contribution in [0.3, 0.4) is 0 Å². The summed E-state index contributed by atoms with van der Waals surface area (Å²) in [4.78, 5) is 18.3. The largest absolute Gasteiger partial charge is 0.311 e. The van der Waals surface area contributed by atoms with Crippen molar-refractivity contribution in [2.24, 2.45) is 0 Å². The van der Waals surface area contributed by atoms with Gasteiger partial charge in [-0.3, -0.25) is 4.79 Å². The molecule has 3 nitrogen and oxygen atoms in total. The molecule has 0 bridgehead atoms. The summed E-state index contributed by atoms with van der Waals surface area (Å²) in [7, 11) is 0. The number of aromatic amines is 1. The molecule has 1 aliphatic rings. The number of benzene rings is 1. The number of halogens is 1. The predicted molar refractivity (Wildman–Crippen MR) is 76.1 cm³/mol. The summed E-state index contributed by atoms with van der Waals surface area (Å²) in [6, 6.07) is 8.99. The molecule has 1 N–H and O–H groups in total. The Bertz CT molecular complexity index is 746. The maximum Gasteiger partial charge on any atom is 0.251 e. The average molecular weight is 270 g/mol. The highest BCUT2D eigenvalue weighted by Gasteiger charge is 2.20. The molecular formula is C16H15FN2O. The number of aryl methyl sites for hydroxylation is 2. The number of nitrogens with one attached hydrogen (secondary N) is 1. The van der Waals surface area contributed by atoms with Gasteiger partial charge in [0.05, 0.1) is 0 Å². The molecule has 0 aliphatic heterocycles. The standard InChI is InChI=1S/C16H15FN2O/c1-10-8-15(20)19-14(18-10)7-6-12-9-11-4-2-3-5-13(11)16(12)17/h2-5,8H,6-7,9H2,1H3,(H,18,19,20). The highest BCUT2D eigenvalue weighted by Crippen LogP contribution is 2.35. The van der Waals surface area contributed by atoms with Crippen LogP contribution in [0.5, 0.6) is 0 Å². The number of rotatable bonds is 3. The number of H-pyrrole nitrogens is 1. The van der Waals surface area contributed by atoms with Crippen molar-refractivity contribution in [1.82, 2.24) is 9.97 Å². The van der Waals surface area contributed by atoms with Crippen LogP contribution in [0.4, 0.5) is 4.39 Å². The molecule has 0 radical (unpaired) electrons. The molecule has 4 heteroatoms.